The Morgan fingerprint density at radius 3 is 2.47 bits per heavy atom. The van der Waals surface area contributed by atoms with Gasteiger partial charge in [-0.3, -0.25) is 4.98 Å². The lowest BCUT2D eigenvalue weighted by atomic mass is 9.95. The molecule has 3 nitrogen and oxygen atoms in total. The van der Waals surface area contributed by atoms with Crippen LogP contribution in [0.3, 0.4) is 0 Å². The zero-order chi connectivity index (χ0) is 13.1. The Hall–Kier alpha value is -0.580. The van der Waals surface area contributed by atoms with Crippen molar-refractivity contribution in [2.24, 2.45) is 0 Å². The van der Waals surface area contributed by atoms with E-state index >= 15 is 0 Å². The quantitative estimate of drug-likeness (QED) is 0.839. The number of nitrogens with one attached hydrogen (secondary N) is 1. The van der Waals surface area contributed by atoms with Crippen LogP contribution in [-0.4, -0.2) is 14.3 Å². The Bertz CT molecular complexity index is 350. The van der Waals surface area contributed by atoms with Gasteiger partial charge in [0.2, 0.25) is 0 Å². The summed E-state index contributed by atoms with van der Waals surface area (Å²) in [5.41, 5.74) is 0.222. The Labute approximate surface area is 107 Å². The van der Waals surface area contributed by atoms with Gasteiger partial charge in [0.15, 0.2) is 0 Å². The van der Waals surface area contributed by atoms with Gasteiger partial charge in [0.1, 0.15) is 10.3 Å². The van der Waals surface area contributed by atoms with Crippen molar-refractivity contribution in [3.8, 4) is 0 Å². The first-order valence-corrected chi connectivity index (χ1v) is 6.91. The molecule has 2 unspecified atom stereocenters. The van der Waals surface area contributed by atoms with E-state index in [4.69, 9.17) is 0 Å². The van der Waals surface area contributed by atoms with Gasteiger partial charge in [-0.2, -0.15) is 0 Å². The van der Waals surface area contributed by atoms with Crippen LogP contribution in [0.4, 0.5) is 0 Å². The highest BCUT2D eigenvalue weighted by molar-refractivity contribution is 7.90. The third kappa shape index (κ3) is 3.69. The van der Waals surface area contributed by atoms with Crippen LogP contribution in [0.5, 0.6) is 0 Å². The van der Waals surface area contributed by atoms with E-state index in [0.29, 0.717) is 0 Å². The molecular formula is C13H21N2OS. The number of rotatable bonds is 4. The monoisotopic (exact) mass is 253 g/mol. The van der Waals surface area contributed by atoms with Crippen molar-refractivity contribution in [1.82, 2.24) is 9.71 Å². The molecule has 2 atom stereocenters. The van der Waals surface area contributed by atoms with E-state index in [9.17, 15) is 4.55 Å². The molecule has 0 aliphatic heterocycles. The molecule has 1 heterocycles. The molecule has 0 saturated carbocycles. The molecule has 4 heteroatoms. The fraction of sp³-hybridized carbons (Fsp3) is 0.538. The van der Waals surface area contributed by atoms with Gasteiger partial charge in [0.25, 0.3) is 0 Å². The standard InChI is InChI=1S/C13H21N2OS/c1-6-13(5,11-9-7-8-10-14-11)15-17(16)12(2,3)4/h7-10,15H,5-6H2,1-4H3. The van der Waals surface area contributed by atoms with Gasteiger partial charge in [-0.15, -0.1) is 4.72 Å². The summed E-state index contributed by atoms with van der Waals surface area (Å²) in [5.74, 6) is 0. The number of aromatic nitrogens is 1. The first-order chi connectivity index (χ1) is 7.79. The Morgan fingerprint density at radius 1 is 1.41 bits per heavy atom. The van der Waals surface area contributed by atoms with Gasteiger partial charge in [0, 0.05) is 17.6 Å². The molecule has 1 N–H and O–H groups in total. The second-order valence-electron chi connectivity index (χ2n) is 5.13. The normalized spacial score (nSPS) is 17.5. The third-order valence-electron chi connectivity index (χ3n) is 2.60. The zero-order valence-corrected chi connectivity index (χ0v) is 11.8. The lowest BCUT2D eigenvalue weighted by Gasteiger charge is -2.33. The van der Waals surface area contributed by atoms with Crippen molar-refractivity contribution < 1.29 is 4.55 Å². The molecule has 0 bridgehead atoms. The Morgan fingerprint density at radius 2 is 2.06 bits per heavy atom. The highest BCUT2D eigenvalue weighted by Crippen LogP contribution is 2.26. The molecule has 1 radical (unpaired) electrons. The van der Waals surface area contributed by atoms with Gasteiger partial charge < -0.3 is 4.55 Å². The van der Waals surface area contributed by atoms with Crippen LogP contribution < -0.4 is 4.72 Å². The van der Waals surface area contributed by atoms with Gasteiger partial charge in [0.05, 0.1) is 5.69 Å². The maximum atomic E-state index is 12.1. The lowest BCUT2D eigenvalue weighted by Crippen LogP contribution is -2.50. The molecule has 0 saturated heterocycles. The SMILES string of the molecule is [CH2]C(CC)(N[S+]([O-])C(C)(C)C)c1ccccn1. The average Bonchev–Trinajstić information content (AvgIpc) is 2.28. The second-order valence-corrected chi connectivity index (χ2v) is 7.10. The van der Waals surface area contributed by atoms with Crippen LogP contribution >= 0.6 is 0 Å². The van der Waals surface area contributed by atoms with Gasteiger partial charge in [-0.1, -0.05) is 13.0 Å². The molecule has 1 rings (SSSR count). The van der Waals surface area contributed by atoms with E-state index in [-0.39, 0.29) is 4.75 Å². The number of hydrogen-bond donors (Lipinski definition) is 1. The van der Waals surface area contributed by atoms with Crippen molar-refractivity contribution in [3.05, 3.63) is 37.0 Å². The minimum absolute atomic E-state index is 0.313. The molecule has 1 aromatic rings. The number of nitrogens with zero attached hydrogens (tertiary/aromatic N) is 1. The molecule has 17 heavy (non-hydrogen) atoms. The van der Waals surface area contributed by atoms with E-state index in [1.54, 1.807) is 6.20 Å². The summed E-state index contributed by atoms with van der Waals surface area (Å²) in [4.78, 5) is 4.30. The van der Waals surface area contributed by atoms with E-state index in [2.05, 4.69) is 16.6 Å². The molecule has 0 aromatic carbocycles. The fourth-order valence-corrected chi connectivity index (χ4v) is 2.19. The van der Waals surface area contributed by atoms with Crippen LogP contribution in [0, 0.1) is 6.92 Å². The summed E-state index contributed by atoms with van der Waals surface area (Å²) in [6.07, 6.45) is 2.46. The van der Waals surface area contributed by atoms with Gasteiger partial charge in [-0.25, -0.2) is 0 Å². The molecule has 0 aliphatic rings. The third-order valence-corrected chi connectivity index (χ3v) is 4.29. The highest BCUT2D eigenvalue weighted by Gasteiger charge is 2.36. The minimum Gasteiger partial charge on any atom is -0.598 e. The summed E-state index contributed by atoms with van der Waals surface area (Å²) in [6.45, 7) is 12.0. The largest absolute Gasteiger partial charge is 0.598 e. The summed E-state index contributed by atoms with van der Waals surface area (Å²) in [6, 6.07) is 5.68. The van der Waals surface area contributed by atoms with E-state index in [0.717, 1.165) is 12.1 Å². The molecule has 0 aliphatic carbocycles. The summed E-state index contributed by atoms with van der Waals surface area (Å²) < 4.78 is 14.9. The first kappa shape index (κ1) is 14.5. The van der Waals surface area contributed by atoms with Crippen molar-refractivity contribution in [2.75, 3.05) is 0 Å². The fourth-order valence-electron chi connectivity index (χ4n) is 1.28. The molecule has 95 valence electrons. The smallest absolute Gasteiger partial charge is 0.136 e. The maximum Gasteiger partial charge on any atom is 0.136 e. The van der Waals surface area contributed by atoms with E-state index in [1.807, 2.05) is 45.9 Å². The van der Waals surface area contributed by atoms with E-state index in [1.165, 1.54) is 0 Å². The zero-order valence-electron chi connectivity index (χ0n) is 11.0. The van der Waals surface area contributed by atoms with E-state index < -0.39 is 16.9 Å². The molecule has 0 spiro atoms. The topological polar surface area (TPSA) is 48.0 Å². The maximum absolute atomic E-state index is 12.1. The Kier molecular flexibility index (Phi) is 4.58. The minimum atomic E-state index is -1.16. The molecular weight excluding hydrogens is 232 g/mol. The summed E-state index contributed by atoms with van der Waals surface area (Å²) >= 11 is -1.16. The van der Waals surface area contributed by atoms with Crippen molar-refractivity contribution in [2.45, 2.75) is 44.4 Å². The number of pyridine rings is 1. The summed E-state index contributed by atoms with van der Waals surface area (Å²) in [5, 5.41) is 0. The van der Waals surface area contributed by atoms with Crippen molar-refractivity contribution >= 4 is 11.4 Å². The van der Waals surface area contributed by atoms with Gasteiger partial charge >= 0.3 is 0 Å². The second kappa shape index (κ2) is 5.38. The van der Waals surface area contributed by atoms with Crippen LogP contribution in [0.1, 0.15) is 39.8 Å². The average molecular weight is 253 g/mol. The summed E-state index contributed by atoms with van der Waals surface area (Å²) in [7, 11) is 0. The Balaban J connectivity index is 2.91. The van der Waals surface area contributed by atoms with Crippen molar-refractivity contribution in [3.63, 3.8) is 0 Å². The highest BCUT2D eigenvalue weighted by atomic mass is 32.2. The number of hydrogen-bond acceptors (Lipinski definition) is 3. The van der Waals surface area contributed by atoms with Crippen LogP contribution in [0.15, 0.2) is 24.4 Å². The van der Waals surface area contributed by atoms with Crippen LogP contribution in [0.25, 0.3) is 0 Å². The molecule has 0 amide bonds. The predicted molar refractivity (Wildman–Crippen MR) is 72.6 cm³/mol. The molecule has 1 aromatic heterocycles. The van der Waals surface area contributed by atoms with Crippen LogP contribution in [-0.2, 0) is 16.9 Å². The molecule has 0 fully saturated rings. The van der Waals surface area contributed by atoms with Crippen molar-refractivity contribution in [1.29, 1.82) is 0 Å². The predicted octanol–water partition coefficient (Wildman–Crippen LogP) is 2.57. The first-order valence-electron chi connectivity index (χ1n) is 5.76. The lowest BCUT2D eigenvalue weighted by molar-refractivity contribution is 0.440. The van der Waals surface area contributed by atoms with Gasteiger partial charge in [-0.05, 0) is 46.2 Å². The van der Waals surface area contributed by atoms with Crippen LogP contribution in [0.2, 0.25) is 0 Å².